The number of aromatic nitrogens is 1. The Kier molecular flexibility index (Phi) is 4.49. The van der Waals surface area contributed by atoms with Crippen molar-refractivity contribution in [3.63, 3.8) is 0 Å². The van der Waals surface area contributed by atoms with Crippen molar-refractivity contribution in [3.05, 3.63) is 69.0 Å². The van der Waals surface area contributed by atoms with Crippen LogP contribution in [-0.2, 0) is 11.2 Å². The van der Waals surface area contributed by atoms with E-state index in [0.29, 0.717) is 5.02 Å². The molecule has 0 aliphatic carbocycles. The van der Waals surface area contributed by atoms with Gasteiger partial charge in [-0.05, 0) is 30.2 Å². The predicted octanol–water partition coefficient (Wildman–Crippen LogP) is 3.05. The summed E-state index contributed by atoms with van der Waals surface area (Å²) in [5.74, 6) is -1.93. The minimum absolute atomic E-state index is 0.175. The molecule has 21 heavy (non-hydrogen) atoms. The quantitative estimate of drug-likeness (QED) is 0.677. The van der Waals surface area contributed by atoms with Crippen molar-refractivity contribution in [1.29, 1.82) is 0 Å². The fourth-order valence-electron chi connectivity index (χ4n) is 1.93. The fourth-order valence-corrected chi connectivity index (χ4v) is 2.14. The summed E-state index contributed by atoms with van der Waals surface area (Å²) >= 11 is 5.87. The molecule has 0 spiro atoms. The third-order valence-corrected chi connectivity index (χ3v) is 3.20. The van der Waals surface area contributed by atoms with Gasteiger partial charge in [0.05, 0.1) is 10.6 Å². The average molecular weight is 307 g/mol. The van der Waals surface area contributed by atoms with E-state index < -0.39 is 16.8 Å². The van der Waals surface area contributed by atoms with Gasteiger partial charge in [-0.1, -0.05) is 23.7 Å². The summed E-state index contributed by atoms with van der Waals surface area (Å²) in [7, 11) is 0. The van der Waals surface area contributed by atoms with Crippen LogP contribution in [0.2, 0.25) is 5.02 Å². The van der Waals surface area contributed by atoms with Crippen molar-refractivity contribution in [3.8, 4) is 0 Å². The van der Waals surface area contributed by atoms with Crippen LogP contribution < -0.4 is 0 Å². The lowest BCUT2D eigenvalue weighted by atomic mass is 9.96. The van der Waals surface area contributed by atoms with Crippen molar-refractivity contribution >= 4 is 23.3 Å². The fraction of sp³-hybridized carbons (Fsp3) is 0.143. The Morgan fingerprint density at radius 1 is 1.38 bits per heavy atom. The van der Waals surface area contributed by atoms with Crippen LogP contribution >= 0.6 is 11.6 Å². The van der Waals surface area contributed by atoms with Gasteiger partial charge in [-0.25, -0.2) is 0 Å². The summed E-state index contributed by atoms with van der Waals surface area (Å²) in [4.78, 5) is 25.3. The second-order valence-corrected chi connectivity index (χ2v) is 4.86. The molecule has 1 heterocycles. The summed E-state index contributed by atoms with van der Waals surface area (Å²) in [6.45, 7) is 0. The molecule has 0 saturated heterocycles. The smallest absolute Gasteiger partial charge is 0.312 e. The normalized spacial score (nSPS) is 11.9. The highest BCUT2D eigenvalue weighted by Crippen LogP contribution is 2.23. The Morgan fingerprint density at radius 2 is 2.14 bits per heavy atom. The maximum absolute atomic E-state index is 11.4. The zero-order valence-corrected chi connectivity index (χ0v) is 11.5. The molecular weight excluding hydrogens is 296 g/mol. The lowest BCUT2D eigenvalue weighted by Gasteiger charge is -2.12. The topological polar surface area (TPSA) is 93.3 Å². The monoisotopic (exact) mass is 306 g/mol. The summed E-state index contributed by atoms with van der Waals surface area (Å²) in [5.41, 5.74) is 0.855. The SMILES string of the molecule is O=C(O)C(Cc1cccc(Cl)c1)c1ccc([N+](=O)[O-])cn1. The molecule has 0 amide bonds. The van der Waals surface area contributed by atoms with Gasteiger partial charge >= 0.3 is 5.97 Å². The molecule has 1 N–H and O–H groups in total. The minimum Gasteiger partial charge on any atom is -0.481 e. The third-order valence-electron chi connectivity index (χ3n) is 2.97. The molecule has 2 aromatic rings. The number of benzene rings is 1. The Bertz CT molecular complexity index is 673. The molecule has 0 fully saturated rings. The molecule has 1 aromatic carbocycles. The number of rotatable bonds is 5. The maximum atomic E-state index is 11.4. The molecule has 7 heteroatoms. The van der Waals surface area contributed by atoms with E-state index in [0.717, 1.165) is 11.8 Å². The Hall–Kier alpha value is -2.47. The minimum atomic E-state index is -1.05. The first-order valence-electron chi connectivity index (χ1n) is 6.05. The van der Waals surface area contributed by atoms with Crippen molar-refractivity contribution in [2.24, 2.45) is 0 Å². The van der Waals surface area contributed by atoms with E-state index >= 15 is 0 Å². The Morgan fingerprint density at radius 3 is 2.67 bits per heavy atom. The number of hydrogen-bond donors (Lipinski definition) is 1. The highest BCUT2D eigenvalue weighted by atomic mass is 35.5. The molecular formula is C14H11ClN2O4. The van der Waals surface area contributed by atoms with Gasteiger partial charge in [0.1, 0.15) is 12.1 Å². The van der Waals surface area contributed by atoms with Gasteiger partial charge in [-0.2, -0.15) is 0 Å². The molecule has 2 rings (SSSR count). The molecule has 6 nitrogen and oxygen atoms in total. The van der Waals surface area contributed by atoms with E-state index in [-0.39, 0.29) is 17.8 Å². The van der Waals surface area contributed by atoms with Gasteiger partial charge in [0.25, 0.3) is 5.69 Å². The van der Waals surface area contributed by atoms with E-state index in [9.17, 15) is 20.0 Å². The predicted molar refractivity (Wildman–Crippen MR) is 76.4 cm³/mol. The number of nitro groups is 1. The number of pyridine rings is 1. The van der Waals surface area contributed by atoms with Gasteiger partial charge in [-0.3, -0.25) is 19.9 Å². The van der Waals surface area contributed by atoms with Crippen LogP contribution in [0.3, 0.4) is 0 Å². The number of carboxylic acid groups (broad SMARTS) is 1. The Labute approximate surface area is 125 Å². The van der Waals surface area contributed by atoms with Crippen LogP contribution in [0, 0.1) is 10.1 Å². The lowest BCUT2D eigenvalue weighted by Crippen LogP contribution is -2.16. The molecule has 0 bridgehead atoms. The van der Waals surface area contributed by atoms with Gasteiger partial charge in [0.15, 0.2) is 0 Å². The second-order valence-electron chi connectivity index (χ2n) is 4.42. The van der Waals surface area contributed by atoms with Crippen molar-refractivity contribution in [2.45, 2.75) is 12.3 Å². The van der Waals surface area contributed by atoms with Crippen LogP contribution in [0.15, 0.2) is 42.6 Å². The van der Waals surface area contributed by atoms with Crippen molar-refractivity contribution in [1.82, 2.24) is 4.98 Å². The van der Waals surface area contributed by atoms with Crippen LogP contribution in [0.4, 0.5) is 5.69 Å². The number of halogens is 1. The lowest BCUT2D eigenvalue weighted by molar-refractivity contribution is -0.385. The molecule has 0 aliphatic rings. The molecule has 1 atom stereocenters. The maximum Gasteiger partial charge on any atom is 0.312 e. The third kappa shape index (κ3) is 3.76. The number of carboxylic acids is 1. The molecule has 108 valence electrons. The Balaban J connectivity index is 2.26. The molecule has 0 saturated carbocycles. The summed E-state index contributed by atoms with van der Waals surface area (Å²) in [6, 6.07) is 9.50. The molecule has 0 aliphatic heterocycles. The number of carbonyl (C=O) groups is 1. The molecule has 1 unspecified atom stereocenters. The first-order chi connectivity index (χ1) is 9.97. The van der Waals surface area contributed by atoms with Gasteiger partial charge in [0.2, 0.25) is 0 Å². The first-order valence-corrected chi connectivity index (χ1v) is 6.43. The van der Waals surface area contributed by atoms with Crippen molar-refractivity contribution < 1.29 is 14.8 Å². The van der Waals surface area contributed by atoms with E-state index in [2.05, 4.69) is 4.98 Å². The summed E-state index contributed by atoms with van der Waals surface area (Å²) in [6.07, 6.45) is 1.27. The zero-order chi connectivity index (χ0) is 15.4. The number of hydrogen-bond acceptors (Lipinski definition) is 4. The largest absolute Gasteiger partial charge is 0.481 e. The highest BCUT2D eigenvalue weighted by Gasteiger charge is 2.22. The van der Waals surface area contributed by atoms with Gasteiger partial charge in [-0.15, -0.1) is 0 Å². The van der Waals surface area contributed by atoms with E-state index in [1.165, 1.54) is 12.1 Å². The van der Waals surface area contributed by atoms with Crippen LogP contribution in [0.5, 0.6) is 0 Å². The second kappa shape index (κ2) is 6.32. The van der Waals surface area contributed by atoms with E-state index in [1.807, 2.05) is 0 Å². The highest BCUT2D eigenvalue weighted by molar-refractivity contribution is 6.30. The molecule has 0 radical (unpaired) electrons. The number of aliphatic carboxylic acids is 1. The number of nitrogens with zero attached hydrogens (tertiary/aromatic N) is 2. The van der Waals surface area contributed by atoms with Crippen LogP contribution in [0.25, 0.3) is 0 Å². The van der Waals surface area contributed by atoms with Crippen molar-refractivity contribution in [2.75, 3.05) is 0 Å². The standard InChI is InChI=1S/C14H11ClN2O4/c15-10-3-1-2-9(6-10)7-12(14(18)19)13-5-4-11(8-16-13)17(20)21/h1-6,8,12H,7H2,(H,18,19). The van der Waals surface area contributed by atoms with Gasteiger partial charge in [0, 0.05) is 11.1 Å². The van der Waals surface area contributed by atoms with E-state index in [4.69, 9.17) is 11.6 Å². The van der Waals surface area contributed by atoms with Gasteiger partial charge < -0.3 is 5.11 Å². The van der Waals surface area contributed by atoms with E-state index in [1.54, 1.807) is 24.3 Å². The average Bonchev–Trinajstić information content (AvgIpc) is 2.44. The zero-order valence-electron chi connectivity index (χ0n) is 10.8. The van der Waals surface area contributed by atoms with Crippen LogP contribution in [0.1, 0.15) is 17.2 Å². The summed E-state index contributed by atoms with van der Waals surface area (Å²) < 4.78 is 0. The summed E-state index contributed by atoms with van der Waals surface area (Å²) in [5, 5.41) is 20.4. The van der Waals surface area contributed by atoms with Crippen LogP contribution in [-0.4, -0.2) is 21.0 Å². The first kappa shape index (κ1) is 14.9. The molecule has 1 aromatic heterocycles.